The van der Waals surface area contributed by atoms with Crippen molar-refractivity contribution in [3.63, 3.8) is 0 Å². The van der Waals surface area contributed by atoms with Gasteiger partial charge in [-0.1, -0.05) is 6.07 Å². The summed E-state index contributed by atoms with van der Waals surface area (Å²) in [5, 5.41) is 27.6. The number of fused-ring (bicyclic) bond motifs is 1. The first-order valence-corrected chi connectivity index (χ1v) is 11.3. The molecule has 3 aliphatic rings. The minimum atomic E-state index is 0.188. The lowest BCUT2D eigenvalue weighted by atomic mass is 9.99. The molecule has 1 atom stereocenters. The SMILES string of the molecule is Oc1cc(-c2cnn3c2CCCC3)ccc1-c1cnc(N2CCN[C@@H](C3CC3)C2)nn1. The standard InChI is InChI=1S/C23H27N7O/c31-22-11-16(18-12-26-30-9-2-1-3-21(18)30)6-7-17(22)19-13-25-23(28-27-19)29-10-8-24-20(14-29)15-4-5-15/h6-7,11-13,15,20,24,31H,1-5,8-10,14H2/t20-/m1/s1. The monoisotopic (exact) mass is 417 g/mol. The van der Waals surface area contributed by atoms with E-state index in [1.54, 1.807) is 12.3 Å². The molecule has 2 aromatic heterocycles. The Hall–Kier alpha value is -3.00. The molecule has 2 N–H and O–H groups in total. The molecule has 1 aromatic carbocycles. The van der Waals surface area contributed by atoms with E-state index < -0.39 is 0 Å². The molecule has 0 bridgehead atoms. The van der Waals surface area contributed by atoms with E-state index in [2.05, 4.69) is 35.2 Å². The molecule has 2 fully saturated rings. The highest BCUT2D eigenvalue weighted by molar-refractivity contribution is 5.74. The van der Waals surface area contributed by atoms with Crippen LogP contribution in [0.25, 0.3) is 22.4 Å². The highest BCUT2D eigenvalue weighted by Gasteiger charge is 2.34. The Morgan fingerprint density at radius 3 is 2.77 bits per heavy atom. The maximum atomic E-state index is 10.7. The molecule has 4 heterocycles. The molecule has 3 aromatic rings. The Bertz CT molecular complexity index is 1090. The van der Waals surface area contributed by atoms with Gasteiger partial charge in [0.15, 0.2) is 0 Å². The first-order chi connectivity index (χ1) is 15.3. The number of piperazine rings is 1. The Labute approximate surface area is 181 Å². The predicted molar refractivity (Wildman–Crippen MR) is 118 cm³/mol. The maximum absolute atomic E-state index is 10.7. The molecule has 31 heavy (non-hydrogen) atoms. The van der Waals surface area contributed by atoms with Crippen LogP contribution >= 0.6 is 0 Å². The van der Waals surface area contributed by atoms with E-state index in [0.717, 1.165) is 49.6 Å². The van der Waals surface area contributed by atoms with Crippen LogP contribution in [0, 0.1) is 5.92 Å². The fourth-order valence-electron chi connectivity index (χ4n) is 4.89. The molecule has 8 heteroatoms. The average molecular weight is 418 g/mol. The molecule has 6 rings (SSSR count). The second-order valence-corrected chi connectivity index (χ2v) is 8.90. The van der Waals surface area contributed by atoms with Crippen molar-refractivity contribution in [2.24, 2.45) is 5.92 Å². The number of nitrogens with zero attached hydrogens (tertiary/aromatic N) is 6. The number of aromatic hydroxyl groups is 1. The first-order valence-electron chi connectivity index (χ1n) is 11.3. The van der Waals surface area contributed by atoms with Gasteiger partial charge in [-0.25, -0.2) is 4.98 Å². The fraction of sp³-hybridized carbons (Fsp3) is 0.478. The zero-order valence-electron chi connectivity index (χ0n) is 17.5. The number of anilines is 1. The van der Waals surface area contributed by atoms with Gasteiger partial charge in [-0.05, 0) is 55.7 Å². The van der Waals surface area contributed by atoms with Crippen molar-refractivity contribution in [3.8, 4) is 28.1 Å². The van der Waals surface area contributed by atoms with Crippen LogP contribution in [-0.4, -0.2) is 55.7 Å². The van der Waals surface area contributed by atoms with Crippen LogP contribution in [0.4, 0.5) is 5.95 Å². The summed E-state index contributed by atoms with van der Waals surface area (Å²) in [4.78, 5) is 6.77. The summed E-state index contributed by atoms with van der Waals surface area (Å²) in [5.41, 5.74) is 4.56. The van der Waals surface area contributed by atoms with E-state index in [9.17, 15) is 5.11 Å². The number of hydrogen-bond donors (Lipinski definition) is 2. The van der Waals surface area contributed by atoms with E-state index in [1.807, 2.05) is 18.3 Å². The molecule has 0 spiro atoms. The van der Waals surface area contributed by atoms with Crippen molar-refractivity contribution in [1.82, 2.24) is 30.3 Å². The van der Waals surface area contributed by atoms with E-state index in [0.29, 0.717) is 23.2 Å². The topological polar surface area (TPSA) is 92.0 Å². The van der Waals surface area contributed by atoms with Crippen LogP contribution in [0.15, 0.2) is 30.6 Å². The van der Waals surface area contributed by atoms with Gasteiger partial charge in [0.05, 0.1) is 12.4 Å². The minimum absolute atomic E-state index is 0.188. The summed E-state index contributed by atoms with van der Waals surface area (Å²) in [7, 11) is 0. The predicted octanol–water partition coefficient (Wildman–Crippen LogP) is 2.63. The molecule has 1 saturated carbocycles. The Morgan fingerprint density at radius 1 is 1.03 bits per heavy atom. The Morgan fingerprint density at radius 2 is 1.97 bits per heavy atom. The molecular weight excluding hydrogens is 390 g/mol. The number of aryl methyl sites for hydroxylation is 1. The van der Waals surface area contributed by atoms with Crippen LogP contribution in [-0.2, 0) is 13.0 Å². The second-order valence-electron chi connectivity index (χ2n) is 8.90. The molecule has 2 aliphatic heterocycles. The largest absolute Gasteiger partial charge is 0.507 e. The quantitative estimate of drug-likeness (QED) is 0.674. The Kier molecular flexibility index (Phi) is 4.60. The molecule has 0 radical (unpaired) electrons. The smallest absolute Gasteiger partial charge is 0.245 e. The molecular formula is C23H27N7O. The fourth-order valence-corrected chi connectivity index (χ4v) is 4.89. The Balaban J connectivity index is 1.23. The summed E-state index contributed by atoms with van der Waals surface area (Å²) < 4.78 is 2.09. The van der Waals surface area contributed by atoms with Crippen molar-refractivity contribution in [2.45, 2.75) is 44.7 Å². The number of rotatable bonds is 4. The van der Waals surface area contributed by atoms with E-state index in [1.165, 1.54) is 31.4 Å². The van der Waals surface area contributed by atoms with Crippen molar-refractivity contribution in [1.29, 1.82) is 0 Å². The molecule has 1 saturated heterocycles. The summed E-state index contributed by atoms with van der Waals surface area (Å²) in [6, 6.07) is 6.25. The van der Waals surface area contributed by atoms with Gasteiger partial charge < -0.3 is 15.3 Å². The van der Waals surface area contributed by atoms with Crippen LogP contribution in [0.3, 0.4) is 0 Å². The van der Waals surface area contributed by atoms with Gasteiger partial charge in [-0.3, -0.25) is 4.68 Å². The third kappa shape index (κ3) is 3.54. The lowest BCUT2D eigenvalue weighted by Gasteiger charge is -2.33. The molecule has 0 amide bonds. The summed E-state index contributed by atoms with van der Waals surface area (Å²) in [6.07, 6.45) is 9.66. The van der Waals surface area contributed by atoms with Crippen LogP contribution in [0.5, 0.6) is 5.75 Å². The minimum Gasteiger partial charge on any atom is -0.507 e. The van der Waals surface area contributed by atoms with E-state index >= 15 is 0 Å². The van der Waals surface area contributed by atoms with Gasteiger partial charge in [0, 0.05) is 49.0 Å². The van der Waals surface area contributed by atoms with Crippen LogP contribution < -0.4 is 10.2 Å². The number of aromatic nitrogens is 5. The van der Waals surface area contributed by atoms with E-state index in [4.69, 9.17) is 0 Å². The molecule has 1 aliphatic carbocycles. The molecule has 160 valence electrons. The first kappa shape index (κ1) is 18.7. The highest BCUT2D eigenvalue weighted by atomic mass is 16.3. The average Bonchev–Trinajstić information content (AvgIpc) is 3.58. The van der Waals surface area contributed by atoms with Crippen LogP contribution in [0.2, 0.25) is 0 Å². The number of benzene rings is 1. The number of hydrogen-bond acceptors (Lipinski definition) is 7. The third-order valence-electron chi connectivity index (χ3n) is 6.80. The van der Waals surface area contributed by atoms with E-state index in [-0.39, 0.29) is 5.75 Å². The zero-order chi connectivity index (χ0) is 20.8. The number of nitrogens with one attached hydrogen (secondary N) is 1. The maximum Gasteiger partial charge on any atom is 0.245 e. The van der Waals surface area contributed by atoms with Crippen molar-refractivity contribution in [2.75, 3.05) is 24.5 Å². The third-order valence-corrected chi connectivity index (χ3v) is 6.80. The van der Waals surface area contributed by atoms with Crippen molar-refractivity contribution >= 4 is 5.95 Å². The van der Waals surface area contributed by atoms with Gasteiger partial charge >= 0.3 is 0 Å². The van der Waals surface area contributed by atoms with Gasteiger partial charge in [0.1, 0.15) is 11.4 Å². The normalized spacial score (nSPS) is 21.2. The summed E-state index contributed by atoms with van der Waals surface area (Å²) in [5.74, 6) is 1.65. The molecule has 8 nitrogen and oxygen atoms in total. The van der Waals surface area contributed by atoms with Gasteiger partial charge in [-0.2, -0.15) is 5.10 Å². The van der Waals surface area contributed by atoms with Gasteiger partial charge in [-0.15, -0.1) is 10.2 Å². The van der Waals surface area contributed by atoms with Gasteiger partial charge in [0.25, 0.3) is 0 Å². The zero-order valence-corrected chi connectivity index (χ0v) is 17.5. The lowest BCUT2D eigenvalue weighted by Crippen LogP contribution is -2.52. The van der Waals surface area contributed by atoms with Crippen LogP contribution in [0.1, 0.15) is 31.4 Å². The summed E-state index contributed by atoms with van der Waals surface area (Å²) >= 11 is 0. The summed E-state index contributed by atoms with van der Waals surface area (Å²) in [6.45, 7) is 3.75. The second kappa shape index (κ2) is 7.60. The van der Waals surface area contributed by atoms with Crippen molar-refractivity contribution in [3.05, 3.63) is 36.3 Å². The molecule has 0 unspecified atom stereocenters. The number of phenols is 1. The van der Waals surface area contributed by atoms with Gasteiger partial charge in [0.2, 0.25) is 5.95 Å². The highest BCUT2D eigenvalue weighted by Crippen LogP contribution is 2.36. The lowest BCUT2D eigenvalue weighted by molar-refractivity contribution is 0.414. The van der Waals surface area contributed by atoms with Crippen molar-refractivity contribution < 1.29 is 5.11 Å². The number of phenolic OH excluding ortho intramolecular Hbond substituents is 1.